The van der Waals surface area contributed by atoms with E-state index in [-0.39, 0.29) is 6.54 Å². The highest BCUT2D eigenvalue weighted by Crippen LogP contribution is 2.40. The van der Waals surface area contributed by atoms with Crippen LogP contribution in [0.15, 0.2) is 27.6 Å². The Morgan fingerprint density at radius 1 is 1.10 bits per heavy atom. The van der Waals surface area contributed by atoms with Gasteiger partial charge in [0.05, 0.1) is 34.4 Å². The van der Waals surface area contributed by atoms with E-state index in [4.69, 9.17) is 18.6 Å². The summed E-state index contributed by atoms with van der Waals surface area (Å²) in [4.78, 5) is 4.63. The zero-order chi connectivity index (χ0) is 22.3. The van der Waals surface area contributed by atoms with Crippen molar-refractivity contribution in [2.75, 3.05) is 34.4 Å². The molecule has 1 aromatic heterocycles. The van der Waals surface area contributed by atoms with Crippen molar-refractivity contribution in [3.63, 3.8) is 0 Å². The molecule has 0 bridgehead atoms. The lowest BCUT2D eigenvalue weighted by Gasteiger charge is -2.24. The van der Waals surface area contributed by atoms with E-state index in [2.05, 4.69) is 15.6 Å². The standard InChI is InChI=1S/C22H33N3O5/c1-8-23-21(25-13-22(4,26)17-11-14(2)30-15(17)3)24-12-16-9-10-18(27-5)20(29-7)19(16)28-6/h9-11,26H,8,12-13H2,1-7H3,(H2,23,24,25). The van der Waals surface area contributed by atoms with Gasteiger partial charge in [0.25, 0.3) is 0 Å². The molecule has 0 spiro atoms. The summed E-state index contributed by atoms with van der Waals surface area (Å²) in [6, 6.07) is 5.57. The molecule has 1 atom stereocenters. The average molecular weight is 420 g/mol. The summed E-state index contributed by atoms with van der Waals surface area (Å²) in [6.07, 6.45) is 0. The summed E-state index contributed by atoms with van der Waals surface area (Å²) in [5, 5.41) is 17.3. The number of aryl methyl sites for hydroxylation is 2. The van der Waals surface area contributed by atoms with Crippen LogP contribution in [0, 0.1) is 13.8 Å². The second-order valence-electron chi connectivity index (χ2n) is 7.14. The summed E-state index contributed by atoms with van der Waals surface area (Å²) < 4.78 is 21.8. The molecular weight excluding hydrogens is 386 g/mol. The number of nitrogens with zero attached hydrogens (tertiary/aromatic N) is 1. The van der Waals surface area contributed by atoms with E-state index in [9.17, 15) is 5.11 Å². The van der Waals surface area contributed by atoms with Crippen molar-refractivity contribution in [1.82, 2.24) is 10.6 Å². The van der Waals surface area contributed by atoms with Crippen molar-refractivity contribution >= 4 is 5.96 Å². The van der Waals surface area contributed by atoms with Crippen LogP contribution in [-0.2, 0) is 12.1 Å². The van der Waals surface area contributed by atoms with Gasteiger partial charge in [-0.25, -0.2) is 4.99 Å². The van der Waals surface area contributed by atoms with Gasteiger partial charge in [-0.2, -0.15) is 0 Å². The Kier molecular flexibility index (Phi) is 8.00. The second kappa shape index (κ2) is 10.2. The molecule has 0 aliphatic rings. The monoisotopic (exact) mass is 419 g/mol. The van der Waals surface area contributed by atoms with Crippen LogP contribution in [0.3, 0.4) is 0 Å². The lowest BCUT2D eigenvalue weighted by atomic mass is 9.96. The first-order chi connectivity index (χ1) is 14.3. The predicted molar refractivity (Wildman–Crippen MR) is 117 cm³/mol. The van der Waals surface area contributed by atoms with Gasteiger partial charge in [-0.1, -0.05) is 0 Å². The predicted octanol–water partition coefficient (Wildman–Crippen LogP) is 2.89. The van der Waals surface area contributed by atoms with E-state index in [1.54, 1.807) is 28.3 Å². The highest BCUT2D eigenvalue weighted by molar-refractivity contribution is 5.80. The minimum Gasteiger partial charge on any atom is -0.493 e. The van der Waals surface area contributed by atoms with Crippen LogP contribution in [0.1, 0.15) is 36.5 Å². The maximum atomic E-state index is 10.9. The minimum absolute atomic E-state index is 0.266. The molecule has 1 unspecified atom stereocenters. The molecule has 0 amide bonds. The molecule has 0 aliphatic heterocycles. The molecule has 0 aliphatic carbocycles. The van der Waals surface area contributed by atoms with Gasteiger partial charge in [0, 0.05) is 17.7 Å². The first-order valence-corrected chi connectivity index (χ1v) is 9.87. The van der Waals surface area contributed by atoms with Gasteiger partial charge in [0.15, 0.2) is 17.5 Å². The quantitative estimate of drug-likeness (QED) is 0.425. The lowest BCUT2D eigenvalue weighted by Crippen LogP contribution is -2.44. The number of hydrogen-bond acceptors (Lipinski definition) is 6. The van der Waals surface area contributed by atoms with Crippen LogP contribution >= 0.6 is 0 Å². The summed E-state index contributed by atoms with van der Waals surface area (Å²) >= 11 is 0. The van der Waals surface area contributed by atoms with E-state index >= 15 is 0 Å². The van der Waals surface area contributed by atoms with Crippen molar-refractivity contribution < 1.29 is 23.7 Å². The molecule has 0 saturated carbocycles. The van der Waals surface area contributed by atoms with Crippen LogP contribution < -0.4 is 24.8 Å². The number of nitrogens with one attached hydrogen (secondary N) is 2. The molecule has 1 aromatic carbocycles. The first-order valence-electron chi connectivity index (χ1n) is 9.87. The number of benzene rings is 1. The summed E-state index contributed by atoms with van der Waals surface area (Å²) in [5.74, 6) is 3.74. The smallest absolute Gasteiger partial charge is 0.203 e. The number of aliphatic hydroxyl groups is 1. The summed E-state index contributed by atoms with van der Waals surface area (Å²) in [6.45, 7) is 8.74. The highest BCUT2D eigenvalue weighted by Gasteiger charge is 2.28. The number of aliphatic imine (C=N–C) groups is 1. The molecule has 2 rings (SSSR count). The van der Waals surface area contributed by atoms with E-state index in [0.717, 1.165) is 16.9 Å². The van der Waals surface area contributed by atoms with E-state index in [0.29, 0.717) is 42.1 Å². The maximum absolute atomic E-state index is 10.9. The zero-order valence-corrected chi connectivity index (χ0v) is 18.9. The van der Waals surface area contributed by atoms with Crippen LogP contribution in [0.25, 0.3) is 0 Å². The van der Waals surface area contributed by atoms with Crippen molar-refractivity contribution in [2.24, 2.45) is 4.99 Å². The van der Waals surface area contributed by atoms with E-state index < -0.39 is 5.60 Å². The molecular formula is C22H33N3O5. The first kappa shape index (κ1) is 23.4. The second-order valence-corrected chi connectivity index (χ2v) is 7.14. The van der Waals surface area contributed by atoms with Crippen molar-refractivity contribution in [1.29, 1.82) is 0 Å². The fourth-order valence-electron chi connectivity index (χ4n) is 3.31. The third kappa shape index (κ3) is 5.38. The van der Waals surface area contributed by atoms with Gasteiger partial charge >= 0.3 is 0 Å². The topological polar surface area (TPSA) is 97.5 Å². The van der Waals surface area contributed by atoms with Crippen molar-refractivity contribution in [3.8, 4) is 17.2 Å². The molecule has 0 fully saturated rings. The fraction of sp³-hybridized carbons (Fsp3) is 0.500. The zero-order valence-electron chi connectivity index (χ0n) is 18.9. The van der Waals surface area contributed by atoms with Gasteiger partial charge < -0.3 is 34.4 Å². The number of guanidine groups is 1. The van der Waals surface area contributed by atoms with E-state index in [1.807, 2.05) is 39.0 Å². The van der Waals surface area contributed by atoms with Gasteiger partial charge in [-0.05, 0) is 45.9 Å². The highest BCUT2D eigenvalue weighted by atomic mass is 16.5. The lowest BCUT2D eigenvalue weighted by molar-refractivity contribution is 0.0601. The van der Waals surface area contributed by atoms with Crippen molar-refractivity contribution in [2.45, 2.75) is 39.8 Å². The molecule has 1 heterocycles. The molecule has 0 radical (unpaired) electrons. The van der Waals surface area contributed by atoms with Crippen LogP contribution in [0.5, 0.6) is 17.2 Å². The molecule has 30 heavy (non-hydrogen) atoms. The summed E-state index contributed by atoms with van der Waals surface area (Å²) in [5.41, 5.74) is 0.490. The van der Waals surface area contributed by atoms with Gasteiger partial charge in [0.1, 0.15) is 17.1 Å². The Hall–Kier alpha value is -2.87. The number of rotatable bonds is 9. The Bertz CT molecular complexity index is 874. The Morgan fingerprint density at radius 3 is 2.33 bits per heavy atom. The number of methoxy groups -OCH3 is 3. The maximum Gasteiger partial charge on any atom is 0.203 e. The third-order valence-corrected chi connectivity index (χ3v) is 4.76. The molecule has 8 nitrogen and oxygen atoms in total. The Morgan fingerprint density at radius 2 is 1.80 bits per heavy atom. The Labute approximate surface area is 178 Å². The molecule has 0 saturated heterocycles. The number of hydrogen-bond donors (Lipinski definition) is 3. The van der Waals surface area contributed by atoms with E-state index in [1.165, 1.54) is 0 Å². The van der Waals surface area contributed by atoms with Crippen LogP contribution in [0.2, 0.25) is 0 Å². The summed E-state index contributed by atoms with van der Waals surface area (Å²) in [7, 11) is 4.73. The SMILES string of the molecule is CCNC(=NCc1ccc(OC)c(OC)c1OC)NCC(C)(O)c1cc(C)oc1C. The molecule has 8 heteroatoms. The molecule has 166 valence electrons. The largest absolute Gasteiger partial charge is 0.493 e. The normalized spacial score (nSPS) is 13.5. The number of furan rings is 1. The minimum atomic E-state index is -1.11. The molecule has 3 N–H and O–H groups in total. The fourth-order valence-corrected chi connectivity index (χ4v) is 3.31. The number of ether oxygens (including phenoxy) is 3. The van der Waals surface area contributed by atoms with Crippen LogP contribution in [-0.4, -0.2) is 45.5 Å². The molecule has 2 aromatic rings. The van der Waals surface area contributed by atoms with Crippen molar-refractivity contribution in [3.05, 3.63) is 40.8 Å². The Balaban J connectivity index is 2.19. The van der Waals surface area contributed by atoms with Gasteiger partial charge in [-0.3, -0.25) is 0 Å². The van der Waals surface area contributed by atoms with Crippen LogP contribution in [0.4, 0.5) is 0 Å². The van der Waals surface area contributed by atoms with Gasteiger partial charge in [0.2, 0.25) is 5.75 Å². The average Bonchev–Trinajstić information content (AvgIpc) is 3.08. The third-order valence-electron chi connectivity index (χ3n) is 4.76. The van der Waals surface area contributed by atoms with Gasteiger partial charge in [-0.15, -0.1) is 0 Å².